The van der Waals surface area contributed by atoms with E-state index in [9.17, 15) is 5.11 Å². The van der Waals surface area contributed by atoms with Crippen LogP contribution in [0.15, 0.2) is 59.6 Å². The fraction of sp³-hybridized carbons (Fsp3) is 0.435. The molecule has 0 saturated heterocycles. The van der Waals surface area contributed by atoms with Gasteiger partial charge in [0.15, 0.2) is 5.96 Å². The zero-order chi connectivity index (χ0) is 19.6. The lowest BCUT2D eigenvalue weighted by Crippen LogP contribution is -2.45. The topological polar surface area (TPSA) is 65.9 Å². The SMILES string of the molecule is CCNC(=NCc1ccc(COc2ccccc2)cc1)NC1CCC(O)CC1. The summed E-state index contributed by atoms with van der Waals surface area (Å²) in [5, 5.41) is 16.5. The highest BCUT2D eigenvalue weighted by molar-refractivity contribution is 5.80. The van der Waals surface area contributed by atoms with Gasteiger partial charge in [-0.05, 0) is 55.9 Å². The first-order valence-electron chi connectivity index (χ1n) is 10.2. The molecule has 1 aliphatic rings. The third-order valence-electron chi connectivity index (χ3n) is 4.97. The first-order valence-corrected chi connectivity index (χ1v) is 10.2. The number of rotatable bonds is 7. The van der Waals surface area contributed by atoms with Crippen LogP contribution in [0.5, 0.6) is 5.75 Å². The van der Waals surface area contributed by atoms with Crippen molar-refractivity contribution < 1.29 is 9.84 Å². The molecule has 0 radical (unpaired) electrons. The Kier molecular flexibility index (Phi) is 7.73. The fourth-order valence-electron chi connectivity index (χ4n) is 3.33. The minimum absolute atomic E-state index is 0.137. The van der Waals surface area contributed by atoms with Crippen LogP contribution >= 0.6 is 0 Å². The van der Waals surface area contributed by atoms with Gasteiger partial charge in [0.1, 0.15) is 12.4 Å². The van der Waals surface area contributed by atoms with Crippen LogP contribution in [0.3, 0.4) is 0 Å². The summed E-state index contributed by atoms with van der Waals surface area (Å²) in [6, 6.07) is 18.6. The highest BCUT2D eigenvalue weighted by Crippen LogP contribution is 2.18. The lowest BCUT2D eigenvalue weighted by atomic mass is 9.93. The Bertz CT molecular complexity index is 723. The molecule has 150 valence electrons. The molecule has 0 amide bonds. The van der Waals surface area contributed by atoms with Crippen molar-refractivity contribution in [3.63, 3.8) is 0 Å². The fourth-order valence-corrected chi connectivity index (χ4v) is 3.33. The Labute approximate surface area is 167 Å². The Hall–Kier alpha value is -2.53. The van der Waals surface area contributed by atoms with Crippen LogP contribution in [0.1, 0.15) is 43.7 Å². The van der Waals surface area contributed by atoms with E-state index in [0.717, 1.165) is 49.5 Å². The molecule has 3 rings (SSSR count). The number of benzene rings is 2. The maximum absolute atomic E-state index is 9.66. The summed E-state index contributed by atoms with van der Waals surface area (Å²) in [7, 11) is 0. The van der Waals surface area contributed by atoms with Crippen LogP contribution in [0, 0.1) is 0 Å². The minimum atomic E-state index is -0.137. The van der Waals surface area contributed by atoms with Crippen molar-refractivity contribution >= 4 is 5.96 Å². The van der Waals surface area contributed by atoms with Gasteiger partial charge in [-0.2, -0.15) is 0 Å². The number of guanidine groups is 1. The lowest BCUT2D eigenvalue weighted by Gasteiger charge is -2.27. The maximum atomic E-state index is 9.66. The van der Waals surface area contributed by atoms with Crippen molar-refractivity contribution in [2.45, 2.75) is 57.9 Å². The molecule has 0 heterocycles. The number of aliphatic hydroxyl groups is 1. The molecule has 0 aliphatic heterocycles. The molecule has 2 aromatic carbocycles. The van der Waals surface area contributed by atoms with Crippen molar-refractivity contribution in [1.29, 1.82) is 0 Å². The van der Waals surface area contributed by atoms with E-state index in [-0.39, 0.29) is 6.10 Å². The monoisotopic (exact) mass is 381 g/mol. The van der Waals surface area contributed by atoms with Crippen LogP contribution in [-0.2, 0) is 13.2 Å². The number of aliphatic hydroxyl groups excluding tert-OH is 1. The van der Waals surface area contributed by atoms with Crippen LogP contribution in [0.25, 0.3) is 0 Å². The number of aliphatic imine (C=N–C) groups is 1. The Morgan fingerprint density at radius 1 is 1.00 bits per heavy atom. The van der Waals surface area contributed by atoms with Gasteiger partial charge in [0.25, 0.3) is 0 Å². The van der Waals surface area contributed by atoms with Gasteiger partial charge in [0.05, 0.1) is 12.6 Å². The summed E-state index contributed by atoms with van der Waals surface area (Å²) in [6.07, 6.45) is 3.57. The van der Waals surface area contributed by atoms with E-state index in [1.807, 2.05) is 30.3 Å². The summed E-state index contributed by atoms with van der Waals surface area (Å²) in [5.74, 6) is 1.73. The number of hydrogen-bond donors (Lipinski definition) is 3. The predicted octanol–water partition coefficient (Wildman–Crippen LogP) is 3.62. The average molecular weight is 382 g/mol. The second-order valence-electron chi connectivity index (χ2n) is 7.26. The highest BCUT2D eigenvalue weighted by atomic mass is 16.5. The van der Waals surface area contributed by atoms with Crippen molar-refractivity contribution in [3.8, 4) is 5.75 Å². The number of nitrogens with one attached hydrogen (secondary N) is 2. The highest BCUT2D eigenvalue weighted by Gasteiger charge is 2.19. The number of nitrogens with zero attached hydrogens (tertiary/aromatic N) is 1. The van der Waals surface area contributed by atoms with Gasteiger partial charge < -0.3 is 20.5 Å². The van der Waals surface area contributed by atoms with Gasteiger partial charge >= 0.3 is 0 Å². The third kappa shape index (κ3) is 6.57. The van der Waals surface area contributed by atoms with E-state index in [1.165, 1.54) is 5.56 Å². The molecular weight excluding hydrogens is 350 g/mol. The molecule has 2 aromatic rings. The first-order chi connectivity index (χ1) is 13.7. The maximum Gasteiger partial charge on any atom is 0.191 e. The van der Waals surface area contributed by atoms with E-state index in [1.54, 1.807) is 0 Å². The molecule has 0 bridgehead atoms. The number of para-hydroxylation sites is 1. The Balaban J connectivity index is 1.50. The lowest BCUT2D eigenvalue weighted by molar-refractivity contribution is 0.120. The van der Waals surface area contributed by atoms with Gasteiger partial charge in [0.2, 0.25) is 0 Å². The molecule has 5 heteroatoms. The molecule has 28 heavy (non-hydrogen) atoms. The standard InChI is InChI=1S/C23H31N3O2/c1-2-24-23(26-20-12-14-21(27)15-13-20)25-16-18-8-10-19(11-9-18)17-28-22-6-4-3-5-7-22/h3-11,20-21,27H,2,12-17H2,1H3,(H2,24,25,26). The summed E-state index contributed by atoms with van der Waals surface area (Å²) in [6.45, 7) is 4.09. The van der Waals surface area contributed by atoms with Crippen molar-refractivity contribution in [2.24, 2.45) is 4.99 Å². The summed E-state index contributed by atoms with van der Waals surface area (Å²) >= 11 is 0. The van der Waals surface area contributed by atoms with Crippen LogP contribution in [-0.4, -0.2) is 29.8 Å². The zero-order valence-electron chi connectivity index (χ0n) is 16.6. The molecule has 1 aliphatic carbocycles. The smallest absolute Gasteiger partial charge is 0.191 e. The second-order valence-corrected chi connectivity index (χ2v) is 7.26. The van der Waals surface area contributed by atoms with E-state index < -0.39 is 0 Å². The zero-order valence-corrected chi connectivity index (χ0v) is 16.6. The van der Waals surface area contributed by atoms with Gasteiger partial charge in [-0.1, -0.05) is 42.5 Å². The minimum Gasteiger partial charge on any atom is -0.489 e. The Morgan fingerprint density at radius 3 is 2.36 bits per heavy atom. The van der Waals surface area contributed by atoms with E-state index in [4.69, 9.17) is 9.73 Å². The van der Waals surface area contributed by atoms with Crippen LogP contribution in [0.2, 0.25) is 0 Å². The molecule has 3 N–H and O–H groups in total. The molecule has 0 spiro atoms. The van der Waals surface area contributed by atoms with Gasteiger partial charge in [-0.25, -0.2) is 4.99 Å². The quantitative estimate of drug-likeness (QED) is 0.506. The molecular formula is C23H31N3O2. The van der Waals surface area contributed by atoms with Crippen molar-refractivity contribution in [2.75, 3.05) is 6.54 Å². The summed E-state index contributed by atoms with van der Waals surface area (Å²) in [5.41, 5.74) is 2.31. The molecule has 0 atom stereocenters. The van der Waals surface area contributed by atoms with E-state index >= 15 is 0 Å². The second kappa shape index (κ2) is 10.7. The number of hydrogen-bond acceptors (Lipinski definition) is 3. The van der Waals surface area contributed by atoms with Gasteiger partial charge in [-0.3, -0.25) is 0 Å². The summed E-state index contributed by atoms with van der Waals surface area (Å²) < 4.78 is 5.79. The third-order valence-corrected chi connectivity index (χ3v) is 4.97. The Morgan fingerprint density at radius 2 is 1.68 bits per heavy atom. The van der Waals surface area contributed by atoms with Crippen LogP contribution < -0.4 is 15.4 Å². The van der Waals surface area contributed by atoms with E-state index in [0.29, 0.717) is 19.2 Å². The largest absolute Gasteiger partial charge is 0.489 e. The molecule has 1 saturated carbocycles. The van der Waals surface area contributed by atoms with E-state index in [2.05, 4.69) is 41.8 Å². The average Bonchev–Trinajstić information content (AvgIpc) is 2.74. The molecule has 0 aromatic heterocycles. The predicted molar refractivity (Wildman–Crippen MR) is 113 cm³/mol. The normalized spacial score (nSPS) is 19.9. The number of ether oxygens (including phenoxy) is 1. The molecule has 1 fully saturated rings. The van der Waals surface area contributed by atoms with Gasteiger partial charge in [-0.15, -0.1) is 0 Å². The molecule has 5 nitrogen and oxygen atoms in total. The van der Waals surface area contributed by atoms with Gasteiger partial charge in [0, 0.05) is 12.6 Å². The van der Waals surface area contributed by atoms with Crippen LogP contribution in [0.4, 0.5) is 0 Å². The first kappa shape index (κ1) is 20.2. The van der Waals surface area contributed by atoms with Crippen molar-refractivity contribution in [1.82, 2.24) is 10.6 Å². The summed E-state index contributed by atoms with van der Waals surface area (Å²) in [4.78, 5) is 4.72. The van der Waals surface area contributed by atoms with Crippen molar-refractivity contribution in [3.05, 3.63) is 65.7 Å². The molecule has 0 unspecified atom stereocenters.